The van der Waals surface area contributed by atoms with Crippen molar-refractivity contribution in [3.05, 3.63) is 23.2 Å². The molecule has 2 amide bonds. The van der Waals surface area contributed by atoms with Crippen molar-refractivity contribution in [2.75, 3.05) is 11.9 Å². The zero-order valence-corrected chi connectivity index (χ0v) is 17.5. The molecule has 1 heterocycles. The minimum Gasteiger partial charge on any atom is -0.347 e. The third kappa shape index (κ3) is 3.20. The molecule has 1 aromatic heterocycles. The van der Waals surface area contributed by atoms with Gasteiger partial charge in [0.15, 0.2) is 0 Å². The minimum atomic E-state index is -0.370. The summed E-state index contributed by atoms with van der Waals surface area (Å²) in [5, 5.41) is 6.78. The van der Waals surface area contributed by atoms with E-state index in [2.05, 4.69) is 15.6 Å². The lowest BCUT2D eigenvalue weighted by Crippen LogP contribution is -2.58. The van der Waals surface area contributed by atoms with Gasteiger partial charge in [-0.2, -0.15) is 0 Å². The van der Waals surface area contributed by atoms with Crippen molar-refractivity contribution in [2.45, 2.75) is 50.3 Å². The molecule has 1 aromatic carbocycles. The number of carbonyl (C=O) groups is 2. The Kier molecular flexibility index (Phi) is 4.22. The Morgan fingerprint density at radius 2 is 2.00 bits per heavy atom. The van der Waals surface area contributed by atoms with Crippen LogP contribution in [0.3, 0.4) is 0 Å². The summed E-state index contributed by atoms with van der Waals surface area (Å²) in [6.07, 6.45) is 5.90. The number of hydrogen-bond acceptors (Lipinski definition) is 4. The van der Waals surface area contributed by atoms with Crippen LogP contribution in [0.1, 0.15) is 43.5 Å². The van der Waals surface area contributed by atoms with Crippen LogP contribution in [0, 0.1) is 24.2 Å². The number of rotatable bonds is 4. The molecule has 2 unspecified atom stereocenters. The Labute approximate surface area is 173 Å². The molecule has 148 valence electrons. The fourth-order valence-electron chi connectivity index (χ4n) is 6.09. The van der Waals surface area contributed by atoms with Crippen LogP contribution in [0.4, 0.5) is 5.69 Å². The quantitative estimate of drug-likeness (QED) is 0.731. The van der Waals surface area contributed by atoms with Crippen molar-refractivity contribution in [3.8, 4) is 0 Å². The predicted octanol–water partition coefficient (Wildman–Crippen LogP) is 4.24. The summed E-state index contributed by atoms with van der Waals surface area (Å²) in [5.41, 5.74) is 1.29. The first-order valence-electron chi connectivity index (χ1n) is 9.97. The van der Waals surface area contributed by atoms with Gasteiger partial charge in [0.25, 0.3) is 0 Å². The number of nitrogens with one attached hydrogen (secondary N) is 2. The lowest BCUT2D eigenvalue weighted by atomic mass is 9.49. The van der Waals surface area contributed by atoms with Crippen LogP contribution in [0.15, 0.2) is 18.2 Å². The van der Waals surface area contributed by atoms with Gasteiger partial charge in [-0.3, -0.25) is 9.59 Å². The fourth-order valence-corrected chi connectivity index (χ4v) is 7.65. The molecular weight excluding hydrogens is 394 g/mol. The van der Waals surface area contributed by atoms with Crippen LogP contribution in [-0.2, 0) is 9.59 Å². The SMILES string of the molecule is Cc1nc2ccc(NC(=O)CNC(=O)C34C[C@@H]5C[C@@H](CC(Cl)(C5)C3)C4)cc2s1. The maximum absolute atomic E-state index is 13.0. The minimum absolute atomic E-state index is 0.00897. The maximum atomic E-state index is 13.0. The molecule has 2 N–H and O–H groups in total. The molecule has 4 saturated carbocycles. The normalized spacial score (nSPS) is 33.2. The summed E-state index contributed by atoms with van der Waals surface area (Å²) in [6, 6.07) is 5.68. The van der Waals surface area contributed by atoms with Gasteiger partial charge in [-0.15, -0.1) is 22.9 Å². The van der Waals surface area contributed by atoms with Gasteiger partial charge in [0.05, 0.1) is 27.2 Å². The molecule has 4 fully saturated rings. The van der Waals surface area contributed by atoms with Gasteiger partial charge >= 0.3 is 0 Å². The Morgan fingerprint density at radius 3 is 2.71 bits per heavy atom. The largest absolute Gasteiger partial charge is 0.347 e. The zero-order valence-electron chi connectivity index (χ0n) is 15.9. The molecule has 6 rings (SSSR count). The van der Waals surface area contributed by atoms with Gasteiger partial charge in [-0.05, 0) is 75.5 Å². The number of thiazole rings is 1. The number of benzene rings is 1. The van der Waals surface area contributed by atoms with Crippen molar-refractivity contribution in [3.63, 3.8) is 0 Å². The summed E-state index contributed by atoms with van der Waals surface area (Å²) in [5.74, 6) is 0.926. The molecule has 0 radical (unpaired) electrons. The third-order valence-electron chi connectivity index (χ3n) is 6.66. The molecule has 4 atom stereocenters. The van der Waals surface area contributed by atoms with Gasteiger partial charge in [-0.25, -0.2) is 4.98 Å². The number of hydrogen-bond donors (Lipinski definition) is 2. The number of amides is 2. The van der Waals surface area contributed by atoms with E-state index in [0.29, 0.717) is 11.8 Å². The molecule has 2 aromatic rings. The first-order chi connectivity index (χ1) is 13.3. The van der Waals surface area contributed by atoms with E-state index >= 15 is 0 Å². The molecule has 4 aliphatic carbocycles. The molecule has 4 aliphatic rings. The molecule has 4 bridgehead atoms. The lowest BCUT2D eigenvalue weighted by molar-refractivity contribution is -0.145. The monoisotopic (exact) mass is 417 g/mol. The van der Waals surface area contributed by atoms with Crippen molar-refractivity contribution in [1.82, 2.24) is 10.3 Å². The summed E-state index contributed by atoms with van der Waals surface area (Å²) in [7, 11) is 0. The number of fused-ring (bicyclic) bond motifs is 1. The standard InChI is InChI=1S/C21H24ClN3O2S/c1-12-24-16-3-2-15(5-17(16)28-12)25-18(26)10-23-19(27)20-6-13-4-14(7-20)9-21(22,8-13)11-20/h2-3,5,13-14H,4,6-11H2,1H3,(H,23,27)(H,25,26)/t13-,14+,20?,21?. The molecule has 28 heavy (non-hydrogen) atoms. The number of halogens is 1. The molecular formula is C21H24ClN3O2S. The van der Waals surface area contributed by atoms with Crippen molar-refractivity contribution in [1.29, 1.82) is 0 Å². The summed E-state index contributed by atoms with van der Waals surface area (Å²) in [6.45, 7) is 1.96. The molecule has 0 spiro atoms. The Bertz CT molecular complexity index is 958. The fraction of sp³-hybridized carbons (Fsp3) is 0.571. The van der Waals surface area contributed by atoms with Crippen LogP contribution in [0.25, 0.3) is 10.2 Å². The summed E-state index contributed by atoms with van der Waals surface area (Å²) >= 11 is 8.42. The number of anilines is 1. The highest BCUT2D eigenvalue weighted by Gasteiger charge is 2.60. The van der Waals surface area contributed by atoms with E-state index in [1.165, 1.54) is 6.42 Å². The first kappa shape index (κ1) is 18.4. The lowest BCUT2D eigenvalue weighted by Gasteiger charge is -2.59. The maximum Gasteiger partial charge on any atom is 0.243 e. The van der Waals surface area contributed by atoms with Crippen LogP contribution >= 0.6 is 22.9 Å². The van der Waals surface area contributed by atoms with E-state index in [1.807, 2.05) is 25.1 Å². The summed E-state index contributed by atoms with van der Waals surface area (Å²) < 4.78 is 1.04. The van der Waals surface area contributed by atoms with Gasteiger partial charge in [-0.1, -0.05) is 0 Å². The molecule has 0 saturated heterocycles. The number of aromatic nitrogens is 1. The Morgan fingerprint density at radius 1 is 1.25 bits per heavy atom. The topological polar surface area (TPSA) is 71.1 Å². The number of aryl methyl sites for hydroxylation is 1. The summed E-state index contributed by atoms with van der Waals surface area (Å²) in [4.78, 5) is 29.6. The zero-order chi connectivity index (χ0) is 19.5. The third-order valence-corrected chi connectivity index (χ3v) is 8.04. The van der Waals surface area contributed by atoms with Crippen molar-refractivity contribution < 1.29 is 9.59 Å². The highest BCUT2D eigenvalue weighted by atomic mass is 35.5. The molecule has 7 heteroatoms. The van der Waals surface area contributed by atoms with Crippen molar-refractivity contribution in [2.24, 2.45) is 17.3 Å². The van der Waals surface area contributed by atoms with E-state index in [4.69, 9.17) is 11.6 Å². The van der Waals surface area contributed by atoms with Gasteiger partial charge < -0.3 is 10.6 Å². The van der Waals surface area contributed by atoms with E-state index in [9.17, 15) is 9.59 Å². The van der Waals surface area contributed by atoms with E-state index in [-0.39, 0.29) is 28.6 Å². The Hall–Kier alpha value is -1.66. The van der Waals surface area contributed by atoms with Gasteiger partial charge in [0, 0.05) is 10.6 Å². The molecule has 0 aliphatic heterocycles. The van der Waals surface area contributed by atoms with Crippen LogP contribution in [0.5, 0.6) is 0 Å². The van der Waals surface area contributed by atoms with Crippen LogP contribution in [0.2, 0.25) is 0 Å². The van der Waals surface area contributed by atoms with Gasteiger partial charge in [0.1, 0.15) is 0 Å². The second kappa shape index (κ2) is 6.42. The smallest absolute Gasteiger partial charge is 0.243 e. The van der Waals surface area contributed by atoms with E-state index in [1.54, 1.807) is 11.3 Å². The number of nitrogens with zero attached hydrogens (tertiary/aromatic N) is 1. The average Bonchev–Trinajstić information content (AvgIpc) is 2.96. The van der Waals surface area contributed by atoms with Crippen LogP contribution < -0.4 is 10.6 Å². The van der Waals surface area contributed by atoms with E-state index in [0.717, 1.165) is 53.0 Å². The predicted molar refractivity (Wildman–Crippen MR) is 112 cm³/mol. The first-order valence-corrected chi connectivity index (χ1v) is 11.2. The number of alkyl halides is 1. The highest BCUT2D eigenvalue weighted by molar-refractivity contribution is 7.18. The molecule has 5 nitrogen and oxygen atoms in total. The van der Waals surface area contributed by atoms with Gasteiger partial charge in [0.2, 0.25) is 11.8 Å². The highest BCUT2D eigenvalue weighted by Crippen LogP contribution is 2.63. The second-order valence-electron chi connectivity index (χ2n) is 9.04. The second-order valence-corrected chi connectivity index (χ2v) is 11.1. The van der Waals surface area contributed by atoms with E-state index < -0.39 is 0 Å². The number of carbonyl (C=O) groups excluding carboxylic acids is 2. The Balaban J connectivity index is 1.22. The van der Waals surface area contributed by atoms with Crippen LogP contribution in [-0.4, -0.2) is 28.2 Å². The van der Waals surface area contributed by atoms with Crippen molar-refractivity contribution >= 4 is 50.7 Å². The average molecular weight is 418 g/mol.